The van der Waals surface area contributed by atoms with Crippen LogP contribution in [0.5, 0.6) is 0 Å². The van der Waals surface area contributed by atoms with Crippen molar-refractivity contribution in [1.29, 1.82) is 0 Å². The van der Waals surface area contributed by atoms with Gasteiger partial charge in [0, 0.05) is 19.3 Å². The molecule has 1 N–H and O–H groups in total. The van der Waals surface area contributed by atoms with Gasteiger partial charge in [-0.1, -0.05) is 12.8 Å². The number of hydrogen-bond donors (Lipinski definition) is 1. The quantitative estimate of drug-likeness (QED) is 0.690. The number of nitrogens with one attached hydrogen (secondary N) is 1. The first-order chi connectivity index (χ1) is 10.5. The van der Waals surface area contributed by atoms with Crippen molar-refractivity contribution < 1.29 is 14.4 Å². The molecule has 0 radical (unpaired) electrons. The maximum absolute atomic E-state index is 12.9. The summed E-state index contributed by atoms with van der Waals surface area (Å²) in [6, 6.07) is -0.922. The number of amides is 4. The molecule has 22 heavy (non-hydrogen) atoms. The molecule has 3 aliphatic heterocycles. The van der Waals surface area contributed by atoms with Crippen LogP contribution in [0.15, 0.2) is 0 Å². The zero-order chi connectivity index (χ0) is 15.6. The number of rotatable bonds is 0. The fourth-order valence-electron chi connectivity index (χ4n) is 4.10. The highest BCUT2D eigenvalue weighted by Gasteiger charge is 2.59. The Morgan fingerprint density at radius 3 is 2.59 bits per heavy atom. The van der Waals surface area contributed by atoms with Gasteiger partial charge in [0.25, 0.3) is 5.91 Å². The normalized spacial score (nSPS) is 41.5. The number of likely N-dealkylation sites (N-methyl/N-ethyl adjacent to an activating group) is 2. The summed E-state index contributed by atoms with van der Waals surface area (Å²) < 4.78 is 0. The van der Waals surface area contributed by atoms with Crippen LogP contribution >= 0.6 is 11.8 Å². The van der Waals surface area contributed by atoms with E-state index < -0.39 is 12.2 Å². The van der Waals surface area contributed by atoms with Crippen LogP contribution in [0.25, 0.3) is 0 Å². The molecule has 0 aromatic carbocycles. The van der Waals surface area contributed by atoms with Gasteiger partial charge in [-0.2, -0.15) is 0 Å². The van der Waals surface area contributed by atoms with Gasteiger partial charge in [-0.05, 0) is 12.8 Å². The molecule has 7 nitrogen and oxygen atoms in total. The van der Waals surface area contributed by atoms with Crippen LogP contribution in [0.4, 0.5) is 4.79 Å². The SMILES string of the molecule is CN1C(=O)C2C(NC3SC4CCCCC4C(=O)N32)N(C)C1=O. The number of urea groups is 1. The van der Waals surface area contributed by atoms with E-state index in [4.69, 9.17) is 0 Å². The molecule has 1 saturated carbocycles. The van der Waals surface area contributed by atoms with E-state index in [0.717, 1.165) is 24.2 Å². The maximum atomic E-state index is 12.9. The molecule has 3 saturated heterocycles. The summed E-state index contributed by atoms with van der Waals surface area (Å²) in [6.07, 6.45) is 3.81. The zero-order valence-electron chi connectivity index (χ0n) is 12.7. The third-order valence-corrected chi connectivity index (χ3v) is 6.87. The van der Waals surface area contributed by atoms with Crippen LogP contribution in [-0.4, -0.2) is 69.6 Å². The first-order valence-corrected chi connectivity index (χ1v) is 8.73. The Hall–Kier alpha value is -1.28. The molecule has 4 fully saturated rings. The number of nitrogens with zero attached hydrogens (tertiary/aromatic N) is 3. The largest absolute Gasteiger partial charge is 0.327 e. The monoisotopic (exact) mass is 324 g/mol. The topological polar surface area (TPSA) is 73.0 Å². The van der Waals surface area contributed by atoms with E-state index in [1.54, 1.807) is 23.7 Å². The second kappa shape index (κ2) is 4.86. The average Bonchev–Trinajstić information content (AvgIpc) is 2.91. The lowest BCUT2D eigenvalue weighted by Gasteiger charge is -2.44. The van der Waals surface area contributed by atoms with E-state index >= 15 is 0 Å². The van der Waals surface area contributed by atoms with Crippen molar-refractivity contribution in [3.8, 4) is 0 Å². The molecule has 0 spiro atoms. The lowest BCUT2D eigenvalue weighted by atomic mass is 9.87. The lowest BCUT2D eigenvalue weighted by Crippen LogP contribution is -2.66. The summed E-state index contributed by atoms with van der Waals surface area (Å²) in [5.41, 5.74) is -0.201. The van der Waals surface area contributed by atoms with Crippen molar-refractivity contribution in [3.05, 3.63) is 0 Å². The molecule has 0 aromatic heterocycles. The Morgan fingerprint density at radius 1 is 1.09 bits per heavy atom. The molecular weight excluding hydrogens is 304 g/mol. The summed E-state index contributed by atoms with van der Waals surface area (Å²) >= 11 is 1.75. The minimum absolute atomic E-state index is 0.0246. The Balaban J connectivity index is 1.68. The molecule has 4 rings (SSSR count). The molecule has 3 heterocycles. The highest BCUT2D eigenvalue weighted by Crippen LogP contribution is 2.45. The van der Waals surface area contributed by atoms with Gasteiger partial charge >= 0.3 is 6.03 Å². The average molecular weight is 324 g/mol. The van der Waals surface area contributed by atoms with Crippen LogP contribution < -0.4 is 5.32 Å². The van der Waals surface area contributed by atoms with Crippen LogP contribution in [0.2, 0.25) is 0 Å². The maximum Gasteiger partial charge on any atom is 0.327 e. The summed E-state index contributed by atoms with van der Waals surface area (Å²) in [7, 11) is 3.16. The number of hydrogen-bond acceptors (Lipinski definition) is 5. The van der Waals surface area contributed by atoms with Crippen LogP contribution in [0.1, 0.15) is 25.7 Å². The minimum atomic E-state index is -0.597. The first-order valence-electron chi connectivity index (χ1n) is 7.79. The second-order valence-corrected chi connectivity index (χ2v) is 7.83. The molecule has 4 amide bonds. The number of carbonyl (C=O) groups excluding carboxylic acids is 3. The van der Waals surface area contributed by atoms with Gasteiger partial charge in [-0.15, -0.1) is 11.8 Å². The lowest BCUT2D eigenvalue weighted by molar-refractivity contribution is -0.148. The van der Waals surface area contributed by atoms with Crippen molar-refractivity contribution in [2.45, 2.75) is 48.6 Å². The summed E-state index contributed by atoms with van der Waals surface area (Å²) in [5.74, 6) is -0.180. The van der Waals surface area contributed by atoms with Crippen molar-refractivity contribution in [2.24, 2.45) is 5.92 Å². The van der Waals surface area contributed by atoms with E-state index in [-0.39, 0.29) is 29.3 Å². The van der Waals surface area contributed by atoms with Gasteiger partial charge in [-0.3, -0.25) is 19.8 Å². The first kappa shape index (κ1) is 14.3. The fourth-order valence-corrected chi connectivity index (χ4v) is 5.76. The van der Waals surface area contributed by atoms with E-state index in [1.165, 1.54) is 18.4 Å². The zero-order valence-corrected chi connectivity index (χ0v) is 13.5. The van der Waals surface area contributed by atoms with Gasteiger partial charge < -0.3 is 9.80 Å². The van der Waals surface area contributed by atoms with E-state index in [9.17, 15) is 14.4 Å². The van der Waals surface area contributed by atoms with Gasteiger partial charge in [0.1, 0.15) is 17.7 Å². The number of carbonyl (C=O) groups is 3. The van der Waals surface area contributed by atoms with Crippen LogP contribution in [0.3, 0.4) is 0 Å². The van der Waals surface area contributed by atoms with E-state index in [2.05, 4.69) is 5.32 Å². The third kappa shape index (κ3) is 1.76. The summed E-state index contributed by atoms with van der Waals surface area (Å²) in [4.78, 5) is 41.9. The van der Waals surface area contributed by atoms with Crippen LogP contribution in [-0.2, 0) is 9.59 Å². The molecular formula is C14H20N4O3S. The number of fused-ring (bicyclic) bond motifs is 4. The van der Waals surface area contributed by atoms with Gasteiger partial charge in [0.2, 0.25) is 5.91 Å². The molecule has 4 aliphatic rings. The van der Waals surface area contributed by atoms with Crippen molar-refractivity contribution in [3.63, 3.8) is 0 Å². The minimum Gasteiger partial charge on any atom is -0.309 e. The Labute approximate surface area is 133 Å². The van der Waals surface area contributed by atoms with Crippen molar-refractivity contribution in [2.75, 3.05) is 14.1 Å². The summed E-state index contributed by atoms with van der Waals surface area (Å²) in [6.45, 7) is 0. The fraction of sp³-hybridized carbons (Fsp3) is 0.786. The highest BCUT2D eigenvalue weighted by atomic mass is 32.2. The molecule has 0 aromatic rings. The Morgan fingerprint density at radius 2 is 1.82 bits per heavy atom. The standard InChI is InChI=1S/C14H20N4O3S/c1-16-10-9(12(20)17(2)14(16)21)18-11(19)7-5-3-4-6-8(7)22-13(18)15-10/h7-10,13,15H,3-6H2,1-2H3. The smallest absolute Gasteiger partial charge is 0.309 e. The van der Waals surface area contributed by atoms with Crippen LogP contribution in [0, 0.1) is 5.92 Å². The van der Waals surface area contributed by atoms with E-state index in [0.29, 0.717) is 5.25 Å². The molecule has 1 aliphatic carbocycles. The van der Waals surface area contributed by atoms with E-state index in [1.807, 2.05) is 0 Å². The van der Waals surface area contributed by atoms with Crippen molar-refractivity contribution in [1.82, 2.24) is 20.0 Å². The predicted octanol–water partition coefficient (Wildman–Crippen LogP) is 0.226. The van der Waals surface area contributed by atoms with Gasteiger partial charge in [-0.25, -0.2) is 4.79 Å². The summed E-state index contributed by atoms with van der Waals surface area (Å²) in [5, 5.41) is 3.65. The third-order valence-electron chi connectivity index (χ3n) is 5.33. The number of thioether (sulfide) groups is 1. The molecule has 0 bridgehead atoms. The second-order valence-electron chi connectivity index (χ2n) is 6.51. The highest BCUT2D eigenvalue weighted by molar-refractivity contribution is 8.00. The van der Waals surface area contributed by atoms with Crippen molar-refractivity contribution >= 4 is 29.6 Å². The predicted molar refractivity (Wildman–Crippen MR) is 80.6 cm³/mol. The van der Waals surface area contributed by atoms with Gasteiger partial charge in [0.15, 0.2) is 0 Å². The molecule has 120 valence electrons. The molecule has 5 unspecified atom stereocenters. The molecule has 5 atom stereocenters. The molecule has 8 heteroatoms. The Kier molecular flexibility index (Phi) is 3.16. The van der Waals surface area contributed by atoms with Gasteiger partial charge in [0.05, 0.1) is 5.92 Å². The Bertz CT molecular complexity index is 556. The number of imide groups is 1.